The first-order valence-corrected chi connectivity index (χ1v) is 9.72. The zero-order chi connectivity index (χ0) is 18.8. The van der Waals surface area contributed by atoms with Gasteiger partial charge < -0.3 is 5.32 Å². The molecule has 0 aliphatic heterocycles. The summed E-state index contributed by atoms with van der Waals surface area (Å²) < 4.78 is 1.97. The molecule has 0 saturated carbocycles. The third-order valence-corrected chi connectivity index (χ3v) is 5.31. The van der Waals surface area contributed by atoms with Crippen LogP contribution in [0.15, 0.2) is 53.6 Å². The Balaban J connectivity index is 1.49. The zero-order valence-corrected chi connectivity index (χ0v) is 16.1. The molecule has 4 aromatic rings. The Kier molecular flexibility index (Phi) is 4.96. The second kappa shape index (κ2) is 7.54. The van der Waals surface area contributed by atoms with Gasteiger partial charge in [-0.05, 0) is 36.8 Å². The van der Waals surface area contributed by atoms with Crippen molar-refractivity contribution < 1.29 is 4.79 Å². The maximum Gasteiger partial charge on any atom is 0.230 e. The molecule has 1 amide bonds. The van der Waals surface area contributed by atoms with Crippen molar-refractivity contribution in [2.24, 2.45) is 0 Å². The molecular weight excluding hydrogens is 382 g/mol. The molecule has 0 unspecified atom stereocenters. The average Bonchev–Trinajstić information content (AvgIpc) is 3.08. The molecule has 0 atom stereocenters. The average molecular weight is 398 g/mol. The molecule has 136 valence electrons. The number of nitrogens with one attached hydrogen (secondary N) is 1. The van der Waals surface area contributed by atoms with Gasteiger partial charge in [0.15, 0.2) is 5.65 Å². The smallest absolute Gasteiger partial charge is 0.230 e. The molecule has 0 spiro atoms. The van der Waals surface area contributed by atoms with Gasteiger partial charge in [0.1, 0.15) is 10.9 Å². The Hall–Kier alpha value is -2.64. The number of carbonyl (C=O) groups excluding carboxylic acids is 1. The van der Waals surface area contributed by atoms with Crippen LogP contribution in [0.3, 0.4) is 0 Å². The van der Waals surface area contributed by atoms with Gasteiger partial charge in [-0.25, -0.2) is 4.98 Å². The molecule has 27 heavy (non-hydrogen) atoms. The van der Waals surface area contributed by atoms with Crippen LogP contribution in [0.5, 0.6) is 0 Å². The fourth-order valence-corrected chi connectivity index (χ4v) is 3.70. The van der Waals surface area contributed by atoms with Crippen molar-refractivity contribution in [3.05, 3.63) is 64.9 Å². The highest BCUT2D eigenvalue weighted by molar-refractivity contribution is 8.00. The molecular formula is C19H16ClN5OS. The summed E-state index contributed by atoms with van der Waals surface area (Å²) in [5.41, 5.74) is 3.46. The zero-order valence-electron chi connectivity index (χ0n) is 14.5. The normalized spacial score (nSPS) is 11.2. The predicted molar refractivity (Wildman–Crippen MR) is 107 cm³/mol. The molecule has 0 fully saturated rings. The van der Waals surface area contributed by atoms with Gasteiger partial charge in [-0.3, -0.25) is 9.20 Å². The second-order valence-electron chi connectivity index (χ2n) is 6.00. The molecule has 0 saturated heterocycles. The molecule has 1 N–H and O–H groups in total. The number of para-hydroxylation sites is 2. The Morgan fingerprint density at radius 1 is 1.15 bits per heavy atom. The van der Waals surface area contributed by atoms with E-state index < -0.39 is 0 Å². The van der Waals surface area contributed by atoms with Crippen molar-refractivity contribution in [3.63, 3.8) is 0 Å². The molecule has 0 bridgehead atoms. The van der Waals surface area contributed by atoms with Crippen molar-refractivity contribution in [1.82, 2.24) is 24.9 Å². The van der Waals surface area contributed by atoms with E-state index in [2.05, 4.69) is 20.5 Å². The topological polar surface area (TPSA) is 72.2 Å². The lowest BCUT2D eigenvalue weighted by atomic mass is 10.2. The van der Waals surface area contributed by atoms with Crippen LogP contribution in [0.25, 0.3) is 16.7 Å². The fourth-order valence-electron chi connectivity index (χ4n) is 2.78. The molecule has 0 aliphatic rings. The number of hydrogen-bond acceptors (Lipinski definition) is 5. The largest absolute Gasteiger partial charge is 0.351 e. The van der Waals surface area contributed by atoms with Crippen LogP contribution >= 0.6 is 23.4 Å². The Labute approximate surface area is 165 Å². The highest BCUT2D eigenvalue weighted by Crippen LogP contribution is 2.25. The van der Waals surface area contributed by atoms with Gasteiger partial charge >= 0.3 is 0 Å². The van der Waals surface area contributed by atoms with E-state index in [0.717, 1.165) is 22.4 Å². The van der Waals surface area contributed by atoms with Gasteiger partial charge in [-0.15, -0.1) is 10.2 Å². The maximum absolute atomic E-state index is 12.2. The number of rotatable bonds is 5. The Bertz CT molecular complexity index is 1130. The van der Waals surface area contributed by atoms with Crippen LogP contribution in [0.4, 0.5) is 0 Å². The van der Waals surface area contributed by atoms with E-state index in [1.54, 1.807) is 12.1 Å². The lowest BCUT2D eigenvalue weighted by Gasteiger charge is -2.08. The molecule has 0 radical (unpaired) electrons. The third kappa shape index (κ3) is 3.74. The first-order valence-electron chi connectivity index (χ1n) is 8.36. The van der Waals surface area contributed by atoms with Gasteiger partial charge in [0, 0.05) is 11.6 Å². The lowest BCUT2D eigenvalue weighted by Crippen LogP contribution is -2.24. The summed E-state index contributed by atoms with van der Waals surface area (Å²) in [6.07, 6.45) is 0. The van der Waals surface area contributed by atoms with E-state index in [-0.39, 0.29) is 11.7 Å². The molecule has 8 heteroatoms. The predicted octanol–water partition coefficient (Wildman–Crippen LogP) is 3.65. The van der Waals surface area contributed by atoms with E-state index in [1.165, 1.54) is 11.8 Å². The van der Waals surface area contributed by atoms with Gasteiger partial charge in [0.2, 0.25) is 5.91 Å². The number of fused-ring (bicyclic) bond motifs is 3. The van der Waals surface area contributed by atoms with Crippen LogP contribution in [0.2, 0.25) is 5.02 Å². The molecule has 4 rings (SSSR count). The molecule has 2 aromatic carbocycles. The van der Waals surface area contributed by atoms with Crippen molar-refractivity contribution in [2.45, 2.75) is 18.5 Å². The van der Waals surface area contributed by atoms with Crippen LogP contribution < -0.4 is 5.32 Å². The third-order valence-electron chi connectivity index (χ3n) is 4.10. The SMILES string of the molecule is Cc1nnc2c(SCC(=O)NCc3ccc(Cl)cc3)nc3ccccc3n12. The summed E-state index contributed by atoms with van der Waals surface area (Å²) in [6, 6.07) is 15.2. The van der Waals surface area contributed by atoms with Crippen molar-refractivity contribution in [3.8, 4) is 0 Å². The van der Waals surface area contributed by atoms with Crippen LogP contribution in [0.1, 0.15) is 11.4 Å². The number of amides is 1. The minimum atomic E-state index is -0.0701. The summed E-state index contributed by atoms with van der Waals surface area (Å²) in [7, 11) is 0. The van der Waals surface area contributed by atoms with Gasteiger partial charge in [0.05, 0.1) is 16.8 Å². The van der Waals surface area contributed by atoms with Crippen LogP contribution in [0, 0.1) is 6.92 Å². The lowest BCUT2D eigenvalue weighted by molar-refractivity contribution is -0.118. The standard InChI is InChI=1S/C19H16ClN5OS/c1-12-23-24-18-19(22-15-4-2-3-5-16(15)25(12)18)27-11-17(26)21-10-13-6-8-14(20)9-7-13/h2-9H,10-11H2,1H3,(H,21,26). The summed E-state index contributed by atoms with van der Waals surface area (Å²) in [4.78, 5) is 16.9. The summed E-state index contributed by atoms with van der Waals surface area (Å²) in [5, 5.41) is 12.7. The van der Waals surface area contributed by atoms with E-state index in [4.69, 9.17) is 11.6 Å². The second-order valence-corrected chi connectivity index (χ2v) is 7.40. The first kappa shape index (κ1) is 17.8. The number of aromatic nitrogens is 4. The summed E-state index contributed by atoms with van der Waals surface area (Å²) in [5.74, 6) is 0.970. The number of carbonyl (C=O) groups is 1. The van der Waals surface area contributed by atoms with Crippen LogP contribution in [-0.4, -0.2) is 31.2 Å². The maximum atomic E-state index is 12.2. The Morgan fingerprint density at radius 2 is 1.93 bits per heavy atom. The highest BCUT2D eigenvalue weighted by Gasteiger charge is 2.14. The fraction of sp³-hybridized carbons (Fsp3) is 0.158. The Morgan fingerprint density at radius 3 is 2.74 bits per heavy atom. The molecule has 6 nitrogen and oxygen atoms in total. The van der Waals surface area contributed by atoms with E-state index in [9.17, 15) is 4.79 Å². The van der Waals surface area contributed by atoms with Crippen molar-refractivity contribution in [1.29, 1.82) is 0 Å². The van der Waals surface area contributed by atoms with Crippen molar-refractivity contribution in [2.75, 3.05) is 5.75 Å². The van der Waals surface area contributed by atoms with Gasteiger partial charge in [-0.1, -0.05) is 47.6 Å². The highest BCUT2D eigenvalue weighted by atomic mass is 35.5. The van der Waals surface area contributed by atoms with E-state index in [1.807, 2.05) is 47.7 Å². The number of halogens is 1. The first-order chi connectivity index (χ1) is 13.1. The molecule has 2 aromatic heterocycles. The summed E-state index contributed by atoms with van der Waals surface area (Å²) >= 11 is 7.23. The quantitative estimate of drug-likeness (QED) is 0.520. The molecule has 2 heterocycles. The number of nitrogens with zero attached hydrogens (tertiary/aromatic N) is 4. The molecule has 0 aliphatic carbocycles. The minimum absolute atomic E-state index is 0.0701. The van der Waals surface area contributed by atoms with Gasteiger partial charge in [-0.2, -0.15) is 0 Å². The number of hydrogen-bond donors (Lipinski definition) is 1. The van der Waals surface area contributed by atoms with E-state index >= 15 is 0 Å². The minimum Gasteiger partial charge on any atom is -0.351 e. The van der Waals surface area contributed by atoms with Crippen molar-refractivity contribution >= 4 is 46.0 Å². The monoisotopic (exact) mass is 397 g/mol. The number of thioether (sulfide) groups is 1. The number of benzene rings is 2. The van der Waals surface area contributed by atoms with Gasteiger partial charge in [0.25, 0.3) is 0 Å². The number of aryl methyl sites for hydroxylation is 1. The van der Waals surface area contributed by atoms with Crippen LogP contribution in [-0.2, 0) is 11.3 Å². The van der Waals surface area contributed by atoms with E-state index in [0.29, 0.717) is 22.2 Å². The summed E-state index contributed by atoms with van der Waals surface area (Å²) in [6.45, 7) is 2.36.